The minimum atomic E-state index is -0.0963. The summed E-state index contributed by atoms with van der Waals surface area (Å²) in [5.74, 6) is 1.14. The molecular weight excluding hydrogens is 218 g/mol. The van der Waals surface area contributed by atoms with Crippen LogP contribution in [0.4, 0.5) is 0 Å². The molecule has 0 aliphatic carbocycles. The van der Waals surface area contributed by atoms with Gasteiger partial charge >= 0.3 is 0 Å². The standard InChI is InChI=1S/C10H11N7/c1-8(12-6-3-11)9-15-7-16-17(9)10-13-4-2-5-14-10/h2,4-5,7-8,12H,6H2,1H3. The van der Waals surface area contributed by atoms with Crippen molar-refractivity contribution >= 4 is 0 Å². The number of rotatable bonds is 4. The summed E-state index contributed by atoms with van der Waals surface area (Å²) in [4.78, 5) is 12.3. The molecule has 0 radical (unpaired) electrons. The van der Waals surface area contributed by atoms with E-state index in [1.54, 1.807) is 23.1 Å². The minimum absolute atomic E-state index is 0.0963. The third-order valence-corrected chi connectivity index (χ3v) is 2.19. The molecule has 0 aromatic carbocycles. The van der Waals surface area contributed by atoms with Crippen LogP contribution in [0.2, 0.25) is 0 Å². The Bertz CT molecular complexity index is 513. The van der Waals surface area contributed by atoms with Crippen molar-refractivity contribution in [3.8, 4) is 12.0 Å². The average molecular weight is 229 g/mol. The van der Waals surface area contributed by atoms with Crippen molar-refractivity contribution in [3.63, 3.8) is 0 Å². The summed E-state index contributed by atoms with van der Waals surface area (Å²) in [6.07, 6.45) is 4.72. The van der Waals surface area contributed by atoms with Crippen molar-refractivity contribution in [2.45, 2.75) is 13.0 Å². The van der Waals surface area contributed by atoms with E-state index in [-0.39, 0.29) is 12.6 Å². The van der Waals surface area contributed by atoms with Crippen LogP contribution >= 0.6 is 0 Å². The lowest BCUT2D eigenvalue weighted by molar-refractivity contribution is 0.560. The third-order valence-electron chi connectivity index (χ3n) is 2.19. The highest BCUT2D eigenvalue weighted by Gasteiger charge is 2.14. The summed E-state index contributed by atoms with van der Waals surface area (Å²) in [6, 6.07) is 3.66. The molecule has 0 amide bonds. The number of nitriles is 1. The van der Waals surface area contributed by atoms with Crippen molar-refractivity contribution in [3.05, 3.63) is 30.6 Å². The molecule has 0 saturated heterocycles. The smallest absolute Gasteiger partial charge is 0.252 e. The van der Waals surface area contributed by atoms with Crippen LogP contribution in [0.1, 0.15) is 18.8 Å². The van der Waals surface area contributed by atoms with Gasteiger partial charge in [-0.25, -0.2) is 15.0 Å². The normalized spacial score (nSPS) is 12.0. The van der Waals surface area contributed by atoms with Crippen molar-refractivity contribution in [1.29, 1.82) is 5.26 Å². The zero-order chi connectivity index (χ0) is 12.1. The lowest BCUT2D eigenvalue weighted by Gasteiger charge is -2.10. The van der Waals surface area contributed by atoms with Gasteiger partial charge in [-0.2, -0.15) is 15.0 Å². The van der Waals surface area contributed by atoms with E-state index in [2.05, 4.69) is 25.4 Å². The molecule has 0 bridgehead atoms. The summed E-state index contributed by atoms with van der Waals surface area (Å²) in [6.45, 7) is 2.16. The molecule has 86 valence electrons. The molecular formula is C10H11N7. The Labute approximate surface area is 98.2 Å². The van der Waals surface area contributed by atoms with Gasteiger partial charge in [0, 0.05) is 12.4 Å². The Morgan fingerprint density at radius 1 is 1.41 bits per heavy atom. The fourth-order valence-corrected chi connectivity index (χ4v) is 1.39. The van der Waals surface area contributed by atoms with Crippen LogP contribution in [0.25, 0.3) is 5.95 Å². The topological polar surface area (TPSA) is 92.3 Å². The van der Waals surface area contributed by atoms with Gasteiger partial charge in [0.05, 0.1) is 18.7 Å². The Balaban J connectivity index is 2.26. The van der Waals surface area contributed by atoms with Gasteiger partial charge in [0.2, 0.25) is 0 Å². The van der Waals surface area contributed by atoms with Gasteiger partial charge in [-0.05, 0) is 13.0 Å². The number of nitrogens with one attached hydrogen (secondary N) is 1. The van der Waals surface area contributed by atoms with Crippen LogP contribution in [-0.4, -0.2) is 31.3 Å². The molecule has 7 nitrogen and oxygen atoms in total. The Hall–Kier alpha value is -2.33. The first kappa shape index (κ1) is 11.2. The predicted octanol–water partition coefficient (Wildman–Crippen LogP) is 0.231. The molecule has 2 heterocycles. The Morgan fingerprint density at radius 2 is 2.18 bits per heavy atom. The summed E-state index contributed by atoms with van der Waals surface area (Å²) in [5.41, 5.74) is 0. The SMILES string of the molecule is CC(NCC#N)c1ncnn1-c1ncccn1. The maximum absolute atomic E-state index is 8.52. The lowest BCUT2D eigenvalue weighted by Crippen LogP contribution is -2.22. The van der Waals surface area contributed by atoms with Crippen LogP contribution in [0.3, 0.4) is 0 Å². The summed E-state index contributed by atoms with van der Waals surface area (Å²) >= 11 is 0. The van der Waals surface area contributed by atoms with Crippen molar-refractivity contribution < 1.29 is 0 Å². The van der Waals surface area contributed by atoms with Crippen molar-refractivity contribution in [2.75, 3.05) is 6.54 Å². The van der Waals surface area contributed by atoms with Crippen LogP contribution in [-0.2, 0) is 0 Å². The molecule has 0 saturated carbocycles. The summed E-state index contributed by atoms with van der Waals surface area (Å²) in [7, 11) is 0. The van der Waals surface area contributed by atoms with E-state index < -0.39 is 0 Å². The quantitative estimate of drug-likeness (QED) is 0.754. The number of hydrogen-bond acceptors (Lipinski definition) is 6. The van der Waals surface area contributed by atoms with E-state index in [0.29, 0.717) is 11.8 Å². The van der Waals surface area contributed by atoms with Gasteiger partial charge in [-0.3, -0.25) is 5.32 Å². The van der Waals surface area contributed by atoms with E-state index in [4.69, 9.17) is 5.26 Å². The highest BCUT2D eigenvalue weighted by molar-refractivity contribution is 5.12. The summed E-state index contributed by atoms with van der Waals surface area (Å²) < 4.78 is 1.55. The molecule has 2 rings (SSSR count). The van der Waals surface area contributed by atoms with E-state index in [1.807, 2.05) is 13.0 Å². The van der Waals surface area contributed by atoms with Crippen molar-refractivity contribution in [2.24, 2.45) is 0 Å². The maximum atomic E-state index is 8.52. The highest BCUT2D eigenvalue weighted by atomic mass is 15.4. The first-order valence-electron chi connectivity index (χ1n) is 5.10. The van der Waals surface area contributed by atoms with E-state index in [1.165, 1.54) is 6.33 Å². The van der Waals surface area contributed by atoms with E-state index >= 15 is 0 Å². The van der Waals surface area contributed by atoms with Gasteiger partial charge in [0.15, 0.2) is 5.82 Å². The lowest BCUT2D eigenvalue weighted by atomic mass is 10.3. The number of nitrogens with zero attached hydrogens (tertiary/aromatic N) is 6. The van der Waals surface area contributed by atoms with E-state index in [0.717, 1.165) is 0 Å². The minimum Gasteiger partial charge on any atom is -0.295 e. The molecule has 0 spiro atoms. The Morgan fingerprint density at radius 3 is 2.88 bits per heavy atom. The molecule has 2 aromatic rings. The highest BCUT2D eigenvalue weighted by Crippen LogP contribution is 2.10. The first-order valence-corrected chi connectivity index (χ1v) is 5.10. The maximum Gasteiger partial charge on any atom is 0.252 e. The number of hydrogen-bond donors (Lipinski definition) is 1. The third kappa shape index (κ3) is 2.43. The molecule has 0 fully saturated rings. The van der Waals surface area contributed by atoms with Gasteiger partial charge in [0.25, 0.3) is 5.95 Å². The summed E-state index contributed by atoms with van der Waals surface area (Å²) in [5, 5.41) is 15.6. The molecule has 2 aromatic heterocycles. The second-order valence-corrected chi connectivity index (χ2v) is 3.34. The van der Waals surface area contributed by atoms with Gasteiger partial charge in [-0.15, -0.1) is 0 Å². The van der Waals surface area contributed by atoms with Gasteiger partial charge in [-0.1, -0.05) is 0 Å². The van der Waals surface area contributed by atoms with Crippen LogP contribution in [0, 0.1) is 11.3 Å². The predicted molar refractivity (Wildman–Crippen MR) is 59.0 cm³/mol. The largest absolute Gasteiger partial charge is 0.295 e. The van der Waals surface area contributed by atoms with E-state index in [9.17, 15) is 0 Å². The Kier molecular flexibility index (Phi) is 3.37. The zero-order valence-corrected chi connectivity index (χ0v) is 9.28. The molecule has 17 heavy (non-hydrogen) atoms. The molecule has 7 heteroatoms. The van der Waals surface area contributed by atoms with Gasteiger partial charge < -0.3 is 0 Å². The fourth-order valence-electron chi connectivity index (χ4n) is 1.39. The monoisotopic (exact) mass is 229 g/mol. The van der Waals surface area contributed by atoms with Crippen LogP contribution < -0.4 is 5.32 Å². The molecule has 1 atom stereocenters. The average Bonchev–Trinajstić information content (AvgIpc) is 2.86. The second kappa shape index (κ2) is 5.14. The number of aromatic nitrogens is 5. The molecule has 0 aliphatic heterocycles. The first-order chi connectivity index (χ1) is 8.33. The zero-order valence-electron chi connectivity index (χ0n) is 9.28. The van der Waals surface area contributed by atoms with Crippen LogP contribution in [0.15, 0.2) is 24.8 Å². The van der Waals surface area contributed by atoms with Crippen molar-refractivity contribution in [1.82, 2.24) is 30.0 Å². The van der Waals surface area contributed by atoms with Crippen LogP contribution in [0.5, 0.6) is 0 Å². The fraction of sp³-hybridized carbons (Fsp3) is 0.300. The van der Waals surface area contributed by atoms with Gasteiger partial charge in [0.1, 0.15) is 6.33 Å². The second-order valence-electron chi connectivity index (χ2n) is 3.34. The molecule has 0 aliphatic rings. The molecule has 1 unspecified atom stereocenters. The molecule has 1 N–H and O–H groups in total.